The van der Waals surface area contributed by atoms with Crippen molar-refractivity contribution in [3.05, 3.63) is 34.5 Å². The maximum Gasteiger partial charge on any atom is 0.193 e. The minimum absolute atomic E-state index is 0.00644. The van der Waals surface area contributed by atoms with Crippen LogP contribution in [0.15, 0.2) is 34.5 Å². The summed E-state index contributed by atoms with van der Waals surface area (Å²) in [5.41, 5.74) is 2.22. The highest BCUT2D eigenvalue weighted by Gasteiger charge is 2.51. The molecule has 0 radical (unpaired) electrons. The summed E-state index contributed by atoms with van der Waals surface area (Å²) in [6.07, 6.45) is 12.1. The second kappa shape index (κ2) is 22.6. The molecule has 0 aromatic rings. The van der Waals surface area contributed by atoms with Gasteiger partial charge in [0.2, 0.25) is 0 Å². The van der Waals surface area contributed by atoms with Gasteiger partial charge in [0.15, 0.2) is 8.32 Å². The van der Waals surface area contributed by atoms with Crippen LogP contribution in [-0.4, -0.2) is 101 Å². The molecule has 5 saturated heterocycles. The molecule has 0 aromatic heterocycles. The van der Waals surface area contributed by atoms with Crippen molar-refractivity contribution >= 4 is 43.0 Å². The number of methoxy groups -OCH3 is 1. The van der Waals surface area contributed by atoms with Crippen LogP contribution >= 0.6 is 22.6 Å². The molecule has 5 aliphatic heterocycles. The van der Waals surface area contributed by atoms with Crippen molar-refractivity contribution in [2.75, 3.05) is 7.11 Å². The van der Waals surface area contributed by atoms with E-state index < -0.39 is 8.32 Å². The van der Waals surface area contributed by atoms with Crippen LogP contribution in [0.2, 0.25) is 18.1 Å². The van der Waals surface area contributed by atoms with Gasteiger partial charge in [0.25, 0.3) is 0 Å². The number of rotatable bonds is 20. The van der Waals surface area contributed by atoms with Crippen molar-refractivity contribution in [1.82, 2.24) is 0 Å². The van der Waals surface area contributed by atoms with E-state index in [1.807, 2.05) is 0 Å². The second-order valence-electron chi connectivity index (χ2n) is 21.2. The van der Waals surface area contributed by atoms with Gasteiger partial charge in [0.1, 0.15) is 12.1 Å². The zero-order chi connectivity index (χ0) is 44.8. The molecule has 0 saturated carbocycles. The van der Waals surface area contributed by atoms with Gasteiger partial charge in [-0.2, -0.15) is 0 Å². The highest BCUT2D eigenvalue weighted by molar-refractivity contribution is 14.1. The number of hydrogen-bond donors (Lipinski definition) is 0. The van der Waals surface area contributed by atoms with Crippen molar-refractivity contribution in [1.29, 1.82) is 0 Å². The minimum atomic E-state index is -2.04. The van der Waals surface area contributed by atoms with Crippen LogP contribution in [0.5, 0.6) is 0 Å². The molecule has 348 valence electrons. The maximum absolute atomic E-state index is 14.2. The molecule has 9 nitrogen and oxygen atoms in total. The third-order valence-corrected chi connectivity index (χ3v) is 20.7. The standard InChI is InChI=1S/C50H83IO9Si/c1-14-30(2)24-46-49(54-11)40(45(58-46)29-44-33(5)31(3)25-38(56-44)17-19-41-32(4)26-37(55-41)16-15-23-52)28-36(53)27-39-18-20-42-47(57-39)34(6)35(7)48(59-42)43(21-22-51)60-61(12,13)50(8,9)10/h21-23,30-31,34-35,37-49H,4-5,14-20,24-29H2,1-3,6-13H3/b22-21+/t30-,31-,34-,35+,37+,38?,39?,40+,41+,42?,43+,44?,45+,46-,47?,48-,49-/m1/s1. The second-order valence-corrected chi connectivity index (χ2v) is 26.7. The van der Waals surface area contributed by atoms with E-state index in [4.69, 9.17) is 32.8 Å². The Bertz CT molecular complexity index is 1490. The summed E-state index contributed by atoms with van der Waals surface area (Å²) in [5.74, 6) is 1.38. The summed E-state index contributed by atoms with van der Waals surface area (Å²) in [5, 5.41) is 0.0961. The molecule has 0 amide bonds. The van der Waals surface area contributed by atoms with Gasteiger partial charge in [-0.05, 0) is 114 Å². The number of ketones is 1. The lowest BCUT2D eigenvalue weighted by molar-refractivity contribution is -0.237. The molecule has 5 fully saturated rings. The first kappa shape index (κ1) is 51.2. The van der Waals surface area contributed by atoms with E-state index in [9.17, 15) is 9.59 Å². The quantitative estimate of drug-likeness (QED) is 0.0511. The van der Waals surface area contributed by atoms with Crippen molar-refractivity contribution in [2.45, 2.75) is 230 Å². The van der Waals surface area contributed by atoms with E-state index in [0.717, 1.165) is 75.2 Å². The van der Waals surface area contributed by atoms with Gasteiger partial charge >= 0.3 is 0 Å². The summed E-state index contributed by atoms with van der Waals surface area (Å²) < 4.78 is 49.2. The van der Waals surface area contributed by atoms with E-state index in [2.05, 4.69) is 114 Å². The number of ether oxygens (including phenoxy) is 6. The van der Waals surface area contributed by atoms with Gasteiger partial charge in [-0.1, -0.05) is 97.6 Å². The van der Waals surface area contributed by atoms with Gasteiger partial charge in [-0.15, -0.1) is 0 Å². The molecule has 11 heteroatoms. The molecule has 17 atom stereocenters. The predicted octanol–water partition coefficient (Wildman–Crippen LogP) is 11.3. The molecular formula is C50H83IO9Si. The van der Waals surface area contributed by atoms with Crippen molar-refractivity contribution < 1.29 is 42.4 Å². The van der Waals surface area contributed by atoms with E-state index >= 15 is 0 Å². The van der Waals surface area contributed by atoms with Crippen molar-refractivity contribution in [3.8, 4) is 0 Å². The molecule has 0 N–H and O–H groups in total. The first-order chi connectivity index (χ1) is 28.8. The third-order valence-electron chi connectivity index (χ3n) is 15.8. The van der Waals surface area contributed by atoms with Crippen LogP contribution < -0.4 is 0 Å². The number of aldehydes is 1. The lowest BCUT2D eigenvalue weighted by atomic mass is 9.77. The van der Waals surface area contributed by atoms with Gasteiger partial charge < -0.3 is 37.6 Å². The molecule has 5 rings (SSSR count). The molecule has 0 aliphatic carbocycles. The van der Waals surface area contributed by atoms with Gasteiger partial charge in [-0.3, -0.25) is 4.79 Å². The monoisotopic (exact) mass is 982 g/mol. The van der Waals surface area contributed by atoms with E-state index in [1.165, 1.54) is 0 Å². The average molecular weight is 983 g/mol. The molecule has 61 heavy (non-hydrogen) atoms. The number of hydrogen-bond acceptors (Lipinski definition) is 9. The van der Waals surface area contributed by atoms with E-state index in [0.29, 0.717) is 37.5 Å². The number of fused-ring (bicyclic) bond motifs is 1. The van der Waals surface area contributed by atoms with Crippen molar-refractivity contribution in [3.63, 3.8) is 0 Å². The third kappa shape index (κ3) is 13.0. The zero-order valence-corrected chi connectivity index (χ0v) is 42.9. The zero-order valence-electron chi connectivity index (χ0n) is 39.7. The first-order valence-electron chi connectivity index (χ1n) is 23.9. The number of carbonyl (C=O) groups is 2. The Morgan fingerprint density at radius 3 is 2.31 bits per heavy atom. The van der Waals surface area contributed by atoms with E-state index in [-0.39, 0.29) is 102 Å². The fourth-order valence-electron chi connectivity index (χ4n) is 10.5. The Balaban J connectivity index is 1.22. The predicted molar refractivity (Wildman–Crippen MR) is 255 cm³/mol. The summed E-state index contributed by atoms with van der Waals surface area (Å²) in [7, 11) is -0.269. The molecule has 5 unspecified atom stereocenters. The summed E-state index contributed by atoms with van der Waals surface area (Å²) in [4.78, 5) is 25.2. The lowest BCUT2D eigenvalue weighted by Crippen LogP contribution is -2.58. The normalized spacial score (nSPS) is 38.5. The fraction of sp³-hybridized carbons (Fsp3) is 0.840. The molecule has 0 bridgehead atoms. The topological polar surface area (TPSA) is 98.8 Å². The lowest BCUT2D eigenvalue weighted by Gasteiger charge is -2.51. The maximum atomic E-state index is 14.2. The Kier molecular flexibility index (Phi) is 19.0. The van der Waals surface area contributed by atoms with Crippen LogP contribution in [0.25, 0.3) is 0 Å². The molecule has 0 aromatic carbocycles. The molecular weight excluding hydrogens is 900 g/mol. The molecule has 0 spiro atoms. The van der Waals surface area contributed by atoms with E-state index in [1.54, 1.807) is 7.11 Å². The van der Waals surface area contributed by atoms with Crippen LogP contribution in [-0.2, 0) is 42.4 Å². The Labute approximate surface area is 384 Å². The summed E-state index contributed by atoms with van der Waals surface area (Å²) >= 11 is 2.30. The largest absolute Gasteiger partial charge is 0.408 e. The molecule has 5 heterocycles. The first-order valence-corrected chi connectivity index (χ1v) is 28.0. The fourth-order valence-corrected chi connectivity index (χ4v) is 12.1. The van der Waals surface area contributed by atoms with Crippen LogP contribution in [0.3, 0.4) is 0 Å². The highest BCUT2D eigenvalue weighted by atomic mass is 127. The number of Topliss-reactive ketones (excluding diaryl/α,β-unsaturated/α-hetero) is 1. The van der Waals surface area contributed by atoms with Crippen molar-refractivity contribution in [2.24, 2.45) is 29.6 Å². The highest BCUT2D eigenvalue weighted by Crippen LogP contribution is 2.45. The Hall–Kier alpha value is -0.773. The van der Waals surface area contributed by atoms with Gasteiger partial charge in [0, 0.05) is 38.7 Å². The summed E-state index contributed by atoms with van der Waals surface area (Å²) in [6.45, 7) is 31.6. The van der Waals surface area contributed by atoms with Crippen LogP contribution in [0.4, 0.5) is 0 Å². The Morgan fingerprint density at radius 1 is 0.934 bits per heavy atom. The number of halogens is 1. The van der Waals surface area contributed by atoms with Gasteiger partial charge in [0.05, 0.1) is 73.2 Å². The minimum Gasteiger partial charge on any atom is -0.408 e. The van der Waals surface area contributed by atoms with Crippen LogP contribution in [0, 0.1) is 29.6 Å². The average Bonchev–Trinajstić information content (AvgIpc) is 3.72. The molecule has 5 aliphatic rings. The van der Waals surface area contributed by atoms with Crippen LogP contribution in [0.1, 0.15) is 139 Å². The number of carbonyl (C=O) groups excluding carboxylic acids is 2. The smallest absolute Gasteiger partial charge is 0.193 e. The SMILES string of the molecule is C=C1C(C[C@@H]2O[C@H](C[C@H](C)CC)[C@H](OC)[C@H]2CC(=O)CC2CCC3O[C@@H]([C@H](/C=C/I)O[Si](C)(C)C(C)(C)C)[C@@H](C)[C@@H](C)C3O2)OC(CC[C@@H]2O[C@@H](CCC=O)CC2=C)C[C@H]1C. The van der Waals surface area contributed by atoms with Gasteiger partial charge in [-0.25, -0.2) is 0 Å². The summed E-state index contributed by atoms with van der Waals surface area (Å²) in [6, 6.07) is 0. The Morgan fingerprint density at radius 2 is 1.66 bits per heavy atom.